The van der Waals surface area contributed by atoms with Crippen molar-refractivity contribution >= 4 is 5.82 Å². The summed E-state index contributed by atoms with van der Waals surface area (Å²) >= 11 is 0. The van der Waals surface area contributed by atoms with E-state index in [4.69, 9.17) is 15.0 Å². The van der Waals surface area contributed by atoms with Crippen LogP contribution >= 0.6 is 0 Å². The molecule has 0 saturated carbocycles. The molecule has 6 nitrogen and oxygen atoms in total. The topological polar surface area (TPSA) is 87.1 Å². The Morgan fingerprint density at radius 2 is 1.95 bits per heavy atom. The molecule has 106 valence electrons. The number of hydrogen-bond donors (Lipinski definition) is 1. The summed E-state index contributed by atoms with van der Waals surface area (Å²) in [5.74, 6) is 2.30. The van der Waals surface area contributed by atoms with E-state index < -0.39 is 0 Å². The smallest absolute Gasteiger partial charge is 0.259 e. The van der Waals surface area contributed by atoms with Crippen LogP contribution in [0.2, 0.25) is 0 Å². The van der Waals surface area contributed by atoms with Gasteiger partial charge in [0.1, 0.15) is 11.6 Å². The van der Waals surface area contributed by atoms with E-state index in [0.717, 1.165) is 11.3 Å². The molecule has 3 aromatic rings. The van der Waals surface area contributed by atoms with Crippen molar-refractivity contribution in [2.24, 2.45) is 0 Å². The van der Waals surface area contributed by atoms with Gasteiger partial charge in [0.2, 0.25) is 0 Å². The summed E-state index contributed by atoms with van der Waals surface area (Å²) in [7, 11) is 0. The number of nitrogens with two attached hydrogens (primary N) is 1. The molecule has 0 unspecified atom stereocenters. The van der Waals surface area contributed by atoms with Gasteiger partial charge in [-0.25, -0.2) is 4.98 Å². The van der Waals surface area contributed by atoms with Crippen molar-refractivity contribution in [2.45, 2.75) is 6.42 Å². The number of para-hydroxylation sites is 1. The lowest BCUT2D eigenvalue weighted by molar-refractivity contribution is 0.315. The number of aromatic nitrogens is 3. The molecule has 2 heterocycles. The molecular formula is C15H14N4O2. The number of pyridine rings is 1. The highest BCUT2D eigenvalue weighted by Crippen LogP contribution is 2.17. The number of nitrogens with zero attached hydrogens (tertiary/aromatic N) is 3. The molecule has 6 heteroatoms. The lowest BCUT2D eigenvalue weighted by Crippen LogP contribution is -2.02. The van der Waals surface area contributed by atoms with Crippen LogP contribution in [0.5, 0.6) is 5.75 Å². The average molecular weight is 282 g/mol. The van der Waals surface area contributed by atoms with Crippen LogP contribution < -0.4 is 10.5 Å². The lowest BCUT2D eigenvalue weighted by atomic mass is 10.3. The van der Waals surface area contributed by atoms with Gasteiger partial charge in [-0.2, -0.15) is 4.98 Å². The van der Waals surface area contributed by atoms with Gasteiger partial charge in [0.15, 0.2) is 5.82 Å². The summed E-state index contributed by atoms with van der Waals surface area (Å²) in [4.78, 5) is 8.29. The summed E-state index contributed by atoms with van der Waals surface area (Å²) in [6, 6.07) is 13.1. The predicted octanol–water partition coefficient (Wildman–Crippen LogP) is 2.34. The molecule has 2 N–H and O–H groups in total. The van der Waals surface area contributed by atoms with Crippen molar-refractivity contribution in [2.75, 3.05) is 12.3 Å². The largest absolute Gasteiger partial charge is 0.493 e. The zero-order valence-electron chi connectivity index (χ0n) is 11.3. The molecule has 2 aromatic heterocycles. The van der Waals surface area contributed by atoms with Crippen LogP contribution in [0.25, 0.3) is 11.5 Å². The Labute approximate surface area is 121 Å². The maximum absolute atomic E-state index is 5.59. The molecule has 21 heavy (non-hydrogen) atoms. The molecule has 0 radical (unpaired) electrons. The molecule has 0 amide bonds. The van der Waals surface area contributed by atoms with Gasteiger partial charge in [-0.3, -0.25) is 0 Å². The van der Waals surface area contributed by atoms with E-state index in [1.165, 1.54) is 0 Å². The van der Waals surface area contributed by atoms with Crippen LogP contribution in [0.15, 0.2) is 53.2 Å². The van der Waals surface area contributed by atoms with Gasteiger partial charge in [0, 0.05) is 12.6 Å². The highest BCUT2D eigenvalue weighted by molar-refractivity contribution is 5.53. The Bertz CT molecular complexity index is 695. The molecule has 0 aliphatic rings. The second-order valence-electron chi connectivity index (χ2n) is 4.40. The van der Waals surface area contributed by atoms with E-state index in [-0.39, 0.29) is 0 Å². The SMILES string of the molecule is Nc1ccc(-c2nc(CCOc3ccccc3)no2)cn1. The fourth-order valence-corrected chi connectivity index (χ4v) is 1.78. The quantitative estimate of drug-likeness (QED) is 0.772. The van der Waals surface area contributed by atoms with Gasteiger partial charge in [0.25, 0.3) is 5.89 Å². The summed E-state index contributed by atoms with van der Waals surface area (Å²) in [6.07, 6.45) is 2.17. The fourth-order valence-electron chi connectivity index (χ4n) is 1.78. The van der Waals surface area contributed by atoms with Gasteiger partial charge in [-0.05, 0) is 24.3 Å². The molecule has 0 bridgehead atoms. The fraction of sp³-hybridized carbons (Fsp3) is 0.133. The Kier molecular flexibility index (Phi) is 3.77. The summed E-state index contributed by atoms with van der Waals surface area (Å²) < 4.78 is 10.8. The molecule has 0 aliphatic heterocycles. The molecule has 3 rings (SSSR count). The monoisotopic (exact) mass is 282 g/mol. The van der Waals surface area contributed by atoms with Crippen LogP contribution in [0, 0.1) is 0 Å². The summed E-state index contributed by atoms with van der Waals surface area (Å²) in [5, 5.41) is 3.92. The van der Waals surface area contributed by atoms with Crippen LogP contribution in [-0.2, 0) is 6.42 Å². The Morgan fingerprint density at radius 3 is 2.71 bits per heavy atom. The molecule has 1 aromatic carbocycles. The van der Waals surface area contributed by atoms with E-state index in [1.807, 2.05) is 30.3 Å². The van der Waals surface area contributed by atoms with Crippen molar-refractivity contribution in [1.82, 2.24) is 15.1 Å². The van der Waals surface area contributed by atoms with Gasteiger partial charge >= 0.3 is 0 Å². The number of hydrogen-bond acceptors (Lipinski definition) is 6. The summed E-state index contributed by atoms with van der Waals surface area (Å²) in [5.41, 5.74) is 6.28. The number of anilines is 1. The van der Waals surface area contributed by atoms with Crippen LogP contribution in [0.1, 0.15) is 5.82 Å². The van der Waals surface area contributed by atoms with E-state index in [2.05, 4.69) is 15.1 Å². The zero-order chi connectivity index (χ0) is 14.5. The molecule has 0 atom stereocenters. The van der Waals surface area contributed by atoms with Crippen molar-refractivity contribution < 1.29 is 9.26 Å². The lowest BCUT2D eigenvalue weighted by Gasteiger charge is -2.02. The molecular weight excluding hydrogens is 268 g/mol. The third kappa shape index (κ3) is 3.36. The minimum absolute atomic E-state index is 0.428. The van der Waals surface area contributed by atoms with Gasteiger partial charge in [0.05, 0.1) is 12.2 Å². The normalized spacial score (nSPS) is 10.5. The molecule has 0 aliphatic carbocycles. The predicted molar refractivity (Wildman–Crippen MR) is 77.6 cm³/mol. The first-order chi connectivity index (χ1) is 10.3. The maximum Gasteiger partial charge on any atom is 0.259 e. The first-order valence-electron chi connectivity index (χ1n) is 6.53. The van der Waals surface area contributed by atoms with Crippen molar-refractivity contribution in [3.8, 4) is 17.2 Å². The zero-order valence-corrected chi connectivity index (χ0v) is 11.3. The first-order valence-corrected chi connectivity index (χ1v) is 6.53. The number of rotatable bonds is 5. The Morgan fingerprint density at radius 1 is 1.10 bits per heavy atom. The third-order valence-corrected chi connectivity index (χ3v) is 2.84. The Balaban J connectivity index is 1.59. The number of nitrogen functional groups attached to an aromatic ring is 1. The Hall–Kier alpha value is -2.89. The first kappa shape index (κ1) is 13.1. The standard InChI is InChI=1S/C15H14N4O2/c16-13-7-6-11(10-17-13)15-18-14(19-21-15)8-9-20-12-4-2-1-3-5-12/h1-7,10H,8-9H2,(H2,16,17). The van der Waals surface area contributed by atoms with E-state index in [1.54, 1.807) is 18.3 Å². The van der Waals surface area contributed by atoms with Gasteiger partial charge in [-0.15, -0.1) is 0 Å². The van der Waals surface area contributed by atoms with E-state index in [0.29, 0.717) is 30.6 Å². The van der Waals surface area contributed by atoms with Crippen molar-refractivity contribution in [1.29, 1.82) is 0 Å². The third-order valence-electron chi connectivity index (χ3n) is 2.84. The highest BCUT2D eigenvalue weighted by atomic mass is 16.5. The van der Waals surface area contributed by atoms with E-state index in [9.17, 15) is 0 Å². The minimum Gasteiger partial charge on any atom is -0.493 e. The van der Waals surface area contributed by atoms with Gasteiger partial charge in [-0.1, -0.05) is 23.4 Å². The molecule has 0 saturated heterocycles. The van der Waals surface area contributed by atoms with Crippen LogP contribution in [-0.4, -0.2) is 21.7 Å². The van der Waals surface area contributed by atoms with Crippen LogP contribution in [0.4, 0.5) is 5.82 Å². The van der Waals surface area contributed by atoms with Crippen LogP contribution in [0.3, 0.4) is 0 Å². The number of benzene rings is 1. The van der Waals surface area contributed by atoms with Crippen molar-refractivity contribution in [3.05, 3.63) is 54.5 Å². The highest BCUT2D eigenvalue weighted by Gasteiger charge is 2.09. The second-order valence-corrected chi connectivity index (χ2v) is 4.40. The second kappa shape index (κ2) is 6.04. The van der Waals surface area contributed by atoms with Crippen molar-refractivity contribution in [3.63, 3.8) is 0 Å². The number of ether oxygens (including phenoxy) is 1. The van der Waals surface area contributed by atoms with Gasteiger partial charge < -0.3 is 15.0 Å². The molecule has 0 spiro atoms. The molecule has 0 fully saturated rings. The maximum atomic E-state index is 5.59. The van der Waals surface area contributed by atoms with E-state index >= 15 is 0 Å². The average Bonchev–Trinajstić information content (AvgIpc) is 2.98. The minimum atomic E-state index is 0.428. The summed E-state index contributed by atoms with van der Waals surface area (Å²) in [6.45, 7) is 0.489.